The van der Waals surface area contributed by atoms with Crippen molar-refractivity contribution >= 4 is 35.3 Å². The zero-order chi connectivity index (χ0) is 21.8. The van der Waals surface area contributed by atoms with Crippen LogP contribution in [0.3, 0.4) is 0 Å². The molecule has 30 heavy (non-hydrogen) atoms. The van der Waals surface area contributed by atoms with Crippen molar-refractivity contribution in [1.82, 2.24) is 9.99 Å². The van der Waals surface area contributed by atoms with Crippen LogP contribution in [-0.2, 0) is 0 Å². The molecule has 0 saturated heterocycles. The molecule has 3 rings (SSSR count). The molecule has 6 nitrogen and oxygen atoms in total. The molecule has 2 aromatic carbocycles. The average molecular weight is 446 g/mol. The normalized spacial score (nSPS) is 11.0. The van der Waals surface area contributed by atoms with Gasteiger partial charge in [0, 0.05) is 28.7 Å². The lowest BCUT2D eigenvalue weighted by Gasteiger charge is -2.10. The summed E-state index contributed by atoms with van der Waals surface area (Å²) >= 11 is 12.2. The van der Waals surface area contributed by atoms with Crippen molar-refractivity contribution in [2.75, 3.05) is 14.2 Å². The third kappa shape index (κ3) is 4.45. The van der Waals surface area contributed by atoms with Crippen LogP contribution in [0.4, 0.5) is 0 Å². The molecular weight excluding hydrogens is 425 g/mol. The number of carbonyl (C=O) groups is 1. The van der Waals surface area contributed by atoms with Gasteiger partial charge in [-0.15, -0.1) is 0 Å². The number of benzene rings is 2. The van der Waals surface area contributed by atoms with E-state index in [4.69, 9.17) is 32.7 Å². The van der Waals surface area contributed by atoms with Crippen molar-refractivity contribution in [1.29, 1.82) is 0 Å². The van der Waals surface area contributed by atoms with Gasteiger partial charge in [-0.1, -0.05) is 23.2 Å². The fraction of sp³-hybridized carbons (Fsp3) is 0.182. The number of amides is 1. The summed E-state index contributed by atoms with van der Waals surface area (Å²) in [6.07, 6.45) is 1.60. The Hall–Kier alpha value is -2.96. The fourth-order valence-electron chi connectivity index (χ4n) is 3.15. The molecule has 0 aliphatic rings. The van der Waals surface area contributed by atoms with Crippen LogP contribution in [0, 0.1) is 13.8 Å². The van der Waals surface area contributed by atoms with Gasteiger partial charge in [-0.05, 0) is 50.2 Å². The highest BCUT2D eigenvalue weighted by Crippen LogP contribution is 2.27. The van der Waals surface area contributed by atoms with Crippen molar-refractivity contribution in [2.24, 2.45) is 5.10 Å². The average Bonchev–Trinajstić information content (AvgIpc) is 3.02. The number of ether oxygens (including phenoxy) is 2. The number of hydrazone groups is 1. The van der Waals surface area contributed by atoms with E-state index in [1.54, 1.807) is 37.6 Å². The van der Waals surface area contributed by atoms with E-state index in [0.29, 0.717) is 27.1 Å². The third-order valence-corrected chi connectivity index (χ3v) is 5.39. The number of aromatic nitrogens is 1. The maximum absolute atomic E-state index is 12.5. The number of methoxy groups -OCH3 is 2. The Morgan fingerprint density at radius 3 is 2.47 bits per heavy atom. The van der Waals surface area contributed by atoms with E-state index >= 15 is 0 Å². The Balaban J connectivity index is 1.80. The molecule has 0 aliphatic heterocycles. The molecule has 0 atom stereocenters. The minimum absolute atomic E-state index is 0.358. The topological polar surface area (TPSA) is 64.8 Å². The molecule has 0 bridgehead atoms. The van der Waals surface area contributed by atoms with Crippen LogP contribution >= 0.6 is 23.2 Å². The molecular formula is C22H21Cl2N3O3. The van der Waals surface area contributed by atoms with Crippen LogP contribution in [0.25, 0.3) is 5.69 Å². The van der Waals surface area contributed by atoms with Crippen molar-refractivity contribution in [2.45, 2.75) is 13.8 Å². The number of carbonyl (C=O) groups excluding carboxylic acids is 1. The Labute approximate surface area is 185 Å². The summed E-state index contributed by atoms with van der Waals surface area (Å²) in [5.41, 5.74) is 6.59. The lowest BCUT2D eigenvalue weighted by molar-refractivity contribution is 0.0952. The molecule has 0 radical (unpaired) electrons. The van der Waals surface area contributed by atoms with Crippen molar-refractivity contribution in [3.05, 3.63) is 75.0 Å². The van der Waals surface area contributed by atoms with Crippen LogP contribution in [0.1, 0.15) is 27.3 Å². The van der Waals surface area contributed by atoms with E-state index < -0.39 is 0 Å². The third-order valence-electron chi connectivity index (χ3n) is 4.65. The Morgan fingerprint density at radius 2 is 1.80 bits per heavy atom. The molecule has 3 aromatic rings. The highest BCUT2D eigenvalue weighted by Gasteiger charge is 2.14. The van der Waals surface area contributed by atoms with Gasteiger partial charge in [-0.2, -0.15) is 5.10 Å². The lowest BCUT2D eigenvalue weighted by Crippen LogP contribution is -2.18. The van der Waals surface area contributed by atoms with E-state index in [9.17, 15) is 4.79 Å². The molecule has 0 spiro atoms. The molecule has 0 saturated carbocycles. The van der Waals surface area contributed by atoms with E-state index in [0.717, 1.165) is 22.6 Å². The number of hydrogen-bond acceptors (Lipinski definition) is 4. The maximum atomic E-state index is 12.5. The Morgan fingerprint density at radius 1 is 1.03 bits per heavy atom. The molecule has 1 aromatic heterocycles. The fourth-order valence-corrected chi connectivity index (χ4v) is 3.44. The number of aryl methyl sites for hydroxylation is 1. The van der Waals surface area contributed by atoms with Gasteiger partial charge >= 0.3 is 0 Å². The number of halogens is 2. The number of nitrogens with one attached hydrogen (secondary N) is 1. The Bertz CT molecular complexity index is 1120. The summed E-state index contributed by atoms with van der Waals surface area (Å²) in [4.78, 5) is 12.5. The monoisotopic (exact) mass is 445 g/mol. The van der Waals surface area contributed by atoms with E-state index in [1.807, 2.05) is 36.6 Å². The summed E-state index contributed by atoms with van der Waals surface area (Å²) < 4.78 is 12.5. The van der Waals surface area contributed by atoms with Gasteiger partial charge < -0.3 is 14.0 Å². The smallest absolute Gasteiger partial charge is 0.275 e. The van der Waals surface area contributed by atoms with Gasteiger partial charge in [0.2, 0.25) is 0 Å². The SMILES string of the molecule is COc1ccc(C(=O)N/N=C\c2cc(C)n(-c3ccc(Cl)c(Cl)c3)c2C)c(OC)c1. The van der Waals surface area contributed by atoms with Crippen LogP contribution in [0.2, 0.25) is 10.0 Å². The predicted molar refractivity (Wildman–Crippen MR) is 120 cm³/mol. The minimum atomic E-state index is -0.385. The van der Waals surface area contributed by atoms with E-state index in [1.165, 1.54) is 7.11 Å². The zero-order valence-corrected chi connectivity index (χ0v) is 18.5. The quantitative estimate of drug-likeness (QED) is 0.419. The van der Waals surface area contributed by atoms with E-state index in [2.05, 4.69) is 10.5 Å². The van der Waals surface area contributed by atoms with Crippen molar-refractivity contribution in [3.8, 4) is 17.2 Å². The second-order valence-corrected chi connectivity index (χ2v) is 7.34. The van der Waals surface area contributed by atoms with Crippen LogP contribution in [0.5, 0.6) is 11.5 Å². The minimum Gasteiger partial charge on any atom is -0.497 e. The summed E-state index contributed by atoms with van der Waals surface area (Å²) in [7, 11) is 3.04. The van der Waals surface area contributed by atoms with Gasteiger partial charge in [0.1, 0.15) is 11.5 Å². The summed E-state index contributed by atoms with van der Waals surface area (Å²) in [6.45, 7) is 3.94. The molecule has 0 aliphatic carbocycles. The van der Waals surface area contributed by atoms with Crippen LogP contribution in [-0.4, -0.2) is 30.9 Å². The molecule has 1 heterocycles. The second kappa shape index (κ2) is 9.24. The van der Waals surface area contributed by atoms with Crippen molar-refractivity contribution in [3.63, 3.8) is 0 Å². The standard InChI is InChI=1S/C22H21Cl2N3O3/c1-13-9-15(14(2)27(13)16-5-8-19(23)20(24)10-16)12-25-26-22(28)18-7-6-17(29-3)11-21(18)30-4/h5-12H,1-4H3,(H,26,28)/b25-12-. The number of rotatable bonds is 6. The maximum Gasteiger partial charge on any atom is 0.275 e. The zero-order valence-electron chi connectivity index (χ0n) is 17.0. The highest BCUT2D eigenvalue weighted by molar-refractivity contribution is 6.42. The van der Waals surface area contributed by atoms with Gasteiger partial charge in [-0.3, -0.25) is 4.79 Å². The number of hydrogen-bond donors (Lipinski definition) is 1. The summed E-state index contributed by atoms with van der Waals surface area (Å²) in [6, 6.07) is 12.4. The molecule has 0 unspecified atom stereocenters. The molecule has 0 fully saturated rings. The molecule has 1 N–H and O–H groups in total. The second-order valence-electron chi connectivity index (χ2n) is 6.53. The summed E-state index contributed by atoms with van der Waals surface area (Å²) in [5.74, 6) is 0.616. The first-order valence-electron chi connectivity index (χ1n) is 9.05. The predicted octanol–water partition coefficient (Wildman–Crippen LogP) is 5.18. The van der Waals surface area contributed by atoms with Gasteiger partial charge in [0.15, 0.2) is 0 Å². The largest absolute Gasteiger partial charge is 0.497 e. The van der Waals surface area contributed by atoms with Gasteiger partial charge in [0.25, 0.3) is 5.91 Å². The molecule has 156 valence electrons. The molecule has 1 amide bonds. The van der Waals surface area contributed by atoms with Crippen molar-refractivity contribution < 1.29 is 14.3 Å². The lowest BCUT2D eigenvalue weighted by atomic mass is 10.2. The summed E-state index contributed by atoms with van der Waals surface area (Å²) in [5, 5.41) is 5.09. The van der Waals surface area contributed by atoms with Crippen LogP contribution in [0.15, 0.2) is 47.6 Å². The van der Waals surface area contributed by atoms with E-state index in [-0.39, 0.29) is 5.91 Å². The Kier molecular flexibility index (Phi) is 6.70. The van der Waals surface area contributed by atoms with Gasteiger partial charge in [-0.25, -0.2) is 5.43 Å². The molecule has 8 heteroatoms. The first-order valence-corrected chi connectivity index (χ1v) is 9.81. The first-order chi connectivity index (χ1) is 14.3. The van der Waals surface area contributed by atoms with Crippen LogP contribution < -0.4 is 14.9 Å². The first kappa shape index (κ1) is 21.7. The van der Waals surface area contributed by atoms with Gasteiger partial charge in [0.05, 0.1) is 36.0 Å². The number of nitrogens with zero attached hydrogens (tertiary/aromatic N) is 2. The highest BCUT2D eigenvalue weighted by atomic mass is 35.5.